The van der Waals surface area contributed by atoms with Gasteiger partial charge in [0.1, 0.15) is 0 Å². The normalized spacial score (nSPS) is 19.7. The molecular weight excluding hydrogens is 280 g/mol. The Labute approximate surface area is 110 Å². The predicted molar refractivity (Wildman–Crippen MR) is 72.0 cm³/mol. The maximum atomic E-state index is 12.3. The van der Waals surface area contributed by atoms with Gasteiger partial charge >= 0.3 is 0 Å². The lowest BCUT2D eigenvalue weighted by atomic mass is 10.1. The van der Waals surface area contributed by atoms with E-state index in [1.165, 1.54) is 0 Å². The van der Waals surface area contributed by atoms with Gasteiger partial charge in [0.25, 0.3) is 5.91 Å². The van der Waals surface area contributed by atoms with Gasteiger partial charge in [0, 0.05) is 29.2 Å². The molecule has 1 fully saturated rings. The van der Waals surface area contributed by atoms with E-state index in [1.54, 1.807) is 0 Å². The molecule has 0 radical (unpaired) electrons. The highest BCUT2D eigenvalue weighted by Crippen LogP contribution is 2.22. The third-order valence-electron chi connectivity index (χ3n) is 3.33. The number of nitrogens with two attached hydrogens (primary N) is 1. The standard InChI is InChI=1S/C13H17BrN2O/c1-9-4-5-10(7-12(9)14)13(17)16-6-2-3-11(16)8-15/h4-5,7,11H,2-3,6,8,15H2,1H3/t11-/m0/s1. The Morgan fingerprint density at radius 2 is 2.35 bits per heavy atom. The summed E-state index contributed by atoms with van der Waals surface area (Å²) >= 11 is 3.46. The minimum absolute atomic E-state index is 0.0960. The van der Waals surface area contributed by atoms with Gasteiger partial charge in [-0.25, -0.2) is 0 Å². The monoisotopic (exact) mass is 296 g/mol. The van der Waals surface area contributed by atoms with E-state index in [1.807, 2.05) is 30.0 Å². The van der Waals surface area contributed by atoms with Crippen LogP contribution in [0, 0.1) is 6.92 Å². The van der Waals surface area contributed by atoms with Gasteiger partial charge < -0.3 is 10.6 Å². The molecular formula is C13H17BrN2O. The lowest BCUT2D eigenvalue weighted by Gasteiger charge is -2.23. The Bertz CT molecular complexity index is 433. The zero-order valence-corrected chi connectivity index (χ0v) is 11.5. The Hall–Kier alpha value is -0.870. The predicted octanol–water partition coefficient (Wildman–Crippen LogP) is 2.32. The van der Waals surface area contributed by atoms with Crippen molar-refractivity contribution in [3.05, 3.63) is 33.8 Å². The Balaban J connectivity index is 2.21. The van der Waals surface area contributed by atoms with Crippen molar-refractivity contribution < 1.29 is 4.79 Å². The Kier molecular flexibility index (Phi) is 3.84. The van der Waals surface area contributed by atoms with Crippen molar-refractivity contribution >= 4 is 21.8 Å². The summed E-state index contributed by atoms with van der Waals surface area (Å²) in [7, 11) is 0. The number of aryl methyl sites for hydroxylation is 1. The molecule has 0 bridgehead atoms. The number of benzene rings is 1. The second-order valence-electron chi connectivity index (χ2n) is 4.49. The van der Waals surface area contributed by atoms with Gasteiger partial charge in [-0.2, -0.15) is 0 Å². The number of nitrogens with zero attached hydrogens (tertiary/aromatic N) is 1. The molecule has 17 heavy (non-hydrogen) atoms. The van der Waals surface area contributed by atoms with Gasteiger partial charge in [0.05, 0.1) is 0 Å². The van der Waals surface area contributed by atoms with Gasteiger partial charge in [-0.05, 0) is 37.5 Å². The van der Waals surface area contributed by atoms with Crippen LogP contribution in [0.2, 0.25) is 0 Å². The molecule has 0 unspecified atom stereocenters. The van der Waals surface area contributed by atoms with Crippen LogP contribution >= 0.6 is 15.9 Å². The Morgan fingerprint density at radius 3 is 3.00 bits per heavy atom. The summed E-state index contributed by atoms with van der Waals surface area (Å²) in [4.78, 5) is 14.2. The number of hydrogen-bond donors (Lipinski definition) is 1. The molecule has 2 rings (SSSR count). The van der Waals surface area contributed by atoms with Gasteiger partial charge in [-0.3, -0.25) is 4.79 Å². The molecule has 2 N–H and O–H groups in total. The van der Waals surface area contributed by atoms with E-state index in [-0.39, 0.29) is 11.9 Å². The summed E-state index contributed by atoms with van der Waals surface area (Å²) in [5.74, 6) is 0.0960. The van der Waals surface area contributed by atoms with Crippen molar-refractivity contribution in [3.8, 4) is 0 Å². The van der Waals surface area contributed by atoms with Crippen molar-refractivity contribution in [1.82, 2.24) is 4.90 Å². The zero-order chi connectivity index (χ0) is 12.4. The first-order chi connectivity index (χ1) is 8.13. The third kappa shape index (κ3) is 2.53. The number of amides is 1. The highest BCUT2D eigenvalue weighted by Gasteiger charge is 2.28. The molecule has 1 saturated heterocycles. The molecule has 1 amide bonds. The summed E-state index contributed by atoms with van der Waals surface area (Å²) in [5, 5.41) is 0. The Morgan fingerprint density at radius 1 is 1.59 bits per heavy atom. The fraction of sp³-hybridized carbons (Fsp3) is 0.462. The maximum absolute atomic E-state index is 12.3. The van der Waals surface area contributed by atoms with Gasteiger partial charge in [-0.1, -0.05) is 22.0 Å². The zero-order valence-electron chi connectivity index (χ0n) is 9.95. The topological polar surface area (TPSA) is 46.3 Å². The third-order valence-corrected chi connectivity index (χ3v) is 4.18. The van der Waals surface area contributed by atoms with Crippen LogP contribution in [0.4, 0.5) is 0 Å². The first-order valence-corrected chi connectivity index (χ1v) is 6.70. The number of hydrogen-bond acceptors (Lipinski definition) is 2. The first kappa shape index (κ1) is 12.6. The second-order valence-corrected chi connectivity index (χ2v) is 5.35. The van der Waals surface area contributed by atoms with Crippen molar-refractivity contribution in [1.29, 1.82) is 0 Å². The van der Waals surface area contributed by atoms with Crippen molar-refractivity contribution in [2.75, 3.05) is 13.1 Å². The van der Waals surface area contributed by atoms with Gasteiger partial charge in [-0.15, -0.1) is 0 Å². The largest absolute Gasteiger partial charge is 0.334 e. The molecule has 1 aliphatic heterocycles. The molecule has 0 aliphatic carbocycles. The second kappa shape index (κ2) is 5.19. The van der Waals surface area contributed by atoms with E-state index in [9.17, 15) is 4.79 Å². The molecule has 1 aromatic carbocycles. The first-order valence-electron chi connectivity index (χ1n) is 5.90. The molecule has 1 aliphatic rings. The molecule has 1 heterocycles. The van der Waals surface area contributed by atoms with E-state index in [2.05, 4.69) is 15.9 Å². The molecule has 0 saturated carbocycles. The summed E-state index contributed by atoms with van der Waals surface area (Å²) in [5.41, 5.74) is 7.57. The molecule has 1 aromatic rings. The molecule has 0 aromatic heterocycles. The minimum Gasteiger partial charge on any atom is -0.334 e. The van der Waals surface area contributed by atoms with Crippen LogP contribution in [0.3, 0.4) is 0 Å². The number of carbonyl (C=O) groups is 1. The van der Waals surface area contributed by atoms with E-state index in [4.69, 9.17) is 5.73 Å². The lowest BCUT2D eigenvalue weighted by molar-refractivity contribution is 0.0741. The quantitative estimate of drug-likeness (QED) is 0.910. The van der Waals surface area contributed by atoms with Crippen LogP contribution in [-0.2, 0) is 0 Å². The van der Waals surface area contributed by atoms with E-state index >= 15 is 0 Å². The summed E-state index contributed by atoms with van der Waals surface area (Å²) in [6, 6.07) is 5.95. The van der Waals surface area contributed by atoms with Crippen molar-refractivity contribution in [2.24, 2.45) is 5.73 Å². The lowest BCUT2D eigenvalue weighted by Crippen LogP contribution is -2.39. The molecule has 0 spiro atoms. The van der Waals surface area contributed by atoms with Crippen LogP contribution < -0.4 is 5.73 Å². The summed E-state index contributed by atoms with van der Waals surface area (Å²) in [6.07, 6.45) is 2.08. The van der Waals surface area contributed by atoms with E-state index < -0.39 is 0 Å². The highest BCUT2D eigenvalue weighted by molar-refractivity contribution is 9.10. The number of carbonyl (C=O) groups excluding carboxylic acids is 1. The van der Waals surface area contributed by atoms with Gasteiger partial charge in [0.15, 0.2) is 0 Å². The SMILES string of the molecule is Cc1ccc(C(=O)N2CCC[C@H]2CN)cc1Br. The fourth-order valence-corrected chi connectivity index (χ4v) is 2.62. The van der Waals surface area contributed by atoms with Crippen LogP contribution in [0.1, 0.15) is 28.8 Å². The number of likely N-dealkylation sites (tertiary alicyclic amines) is 1. The smallest absolute Gasteiger partial charge is 0.254 e. The molecule has 4 heteroatoms. The minimum atomic E-state index is 0.0960. The number of rotatable bonds is 2. The molecule has 1 atom stereocenters. The summed E-state index contributed by atoms with van der Waals surface area (Å²) < 4.78 is 0.979. The molecule has 3 nitrogen and oxygen atoms in total. The van der Waals surface area contributed by atoms with E-state index in [0.717, 1.165) is 35.0 Å². The molecule has 92 valence electrons. The van der Waals surface area contributed by atoms with Gasteiger partial charge in [0.2, 0.25) is 0 Å². The van der Waals surface area contributed by atoms with Crippen LogP contribution in [0.25, 0.3) is 0 Å². The average molecular weight is 297 g/mol. The van der Waals surface area contributed by atoms with Crippen molar-refractivity contribution in [3.63, 3.8) is 0 Å². The summed E-state index contributed by atoms with van der Waals surface area (Å²) in [6.45, 7) is 3.39. The highest BCUT2D eigenvalue weighted by atomic mass is 79.9. The van der Waals surface area contributed by atoms with E-state index in [0.29, 0.717) is 6.54 Å². The van der Waals surface area contributed by atoms with Crippen molar-refractivity contribution in [2.45, 2.75) is 25.8 Å². The van der Waals surface area contributed by atoms with Crippen LogP contribution in [-0.4, -0.2) is 29.9 Å². The van der Waals surface area contributed by atoms with Crippen LogP contribution in [0.5, 0.6) is 0 Å². The maximum Gasteiger partial charge on any atom is 0.254 e. The van der Waals surface area contributed by atoms with Crippen LogP contribution in [0.15, 0.2) is 22.7 Å². The number of halogens is 1. The average Bonchev–Trinajstić information content (AvgIpc) is 2.80. The fourth-order valence-electron chi connectivity index (χ4n) is 2.24.